The number of carbonyl (C=O) groups excluding carboxylic acids is 4. The van der Waals surface area contributed by atoms with Crippen molar-refractivity contribution in [3.63, 3.8) is 0 Å². The van der Waals surface area contributed by atoms with E-state index in [2.05, 4.69) is 26.7 Å². The van der Waals surface area contributed by atoms with Gasteiger partial charge < -0.3 is 20.1 Å². The molecule has 0 aromatic heterocycles. The zero-order valence-electron chi connectivity index (χ0n) is 12.3. The Balaban J connectivity index is 4.61. The molecule has 0 aliphatic heterocycles. The molecule has 0 aromatic carbocycles. The average Bonchev–Trinajstić information content (AvgIpc) is 2.49. The van der Waals surface area contributed by atoms with Crippen molar-refractivity contribution in [2.45, 2.75) is 31.8 Å². The van der Waals surface area contributed by atoms with Crippen LogP contribution in [0.4, 0.5) is 0 Å². The third-order valence-corrected chi connectivity index (χ3v) is 2.60. The van der Waals surface area contributed by atoms with Crippen LogP contribution in [0, 0.1) is 0 Å². The van der Waals surface area contributed by atoms with Crippen molar-refractivity contribution in [2.24, 2.45) is 0 Å². The van der Waals surface area contributed by atoms with Gasteiger partial charge in [0.05, 0.1) is 14.2 Å². The fourth-order valence-corrected chi connectivity index (χ4v) is 1.39. The van der Waals surface area contributed by atoms with Gasteiger partial charge in [0.1, 0.15) is 12.1 Å². The number of hydrogen-bond acceptors (Lipinski definition) is 6. The fourth-order valence-electron chi connectivity index (χ4n) is 1.39. The predicted molar refractivity (Wildman–Crippen MR) is 73.0 cm³/mol. The molecule has 21 heavy (non-hydrogen) atoms. The lowest BCUT2D eigenvalue weighted by molar-refractivity contribution is -0.146. The molecule has 0 saturated carbocycles. The molecule has 0 aromatic rings. The van der Waals surface area contributed by atoms with Crippen LogP contribution in [0.1, 0.15) is 19.8 Å². The van der Waals surface area contributed by atoms with Crippen molar-refractivity contribution >= 4 is 23.8 Å². The Kier molecular flexibility index (Phi) is 8.43. The lowest BCUT2D eigenvalue weighted by Crippen LogP contribution is -2.50. The molecule has 0 saturated heterocycles. The SMILES string of the molecule is C=CC(=O)N[C@@H](C)C(=O)N[C@@H](CCC(=O)OC)C(=O)OC. The maximum Gasteiger partial charge on any atom is 0.328 e. The molecule has 0 fully saturated rings. The van der Waals surface area contributed by atoms with Gasteiger partial charge in [-0.2, -0.15) is 0 Å². The first kappa shape index (κ1) is 18.6. The Morgan fingerprint density at radius 3 is 2.24 bits per heavy atom. The highest BCUT2D eigenvalue weighted by Gasteiger charge is 2.25. The van der Waals surface area contributed by atoms with E-state index in [-0.39, 0.29) is 12.8 Å². The smallest absolute Gasteiger partial charge is 0.328 e. The number of nitrogens with one attached hydrogen (secondary N) is 2. The number of ether oxygens (including phenoxy) is 2. The Hall–Kier alpha value is -2.38. The standard InChI is InChI=1S/C13H20N2O6/c1-5-10(16)14-8(2)12(18)15-9(13(19)21-4)6-7-11(17)20-3/h5,8-9H,1,6-7H2,2-4H3,(H,14,16)(H,15,18)/t8-,9-/m0/s1. The molecule has 0 radical (unpaired) electrons. The Bertz CT molecular complexity index is 421. The molecule has 2 atom stereocenters. The lowest BCUT2D eigenvalue weighted by Gasteiger charge is -2.19. The van der Waals surface area contributed by atoms with Crippen LogP contribution in [0.2, 0.25) is 0 Å². The monoisotopic (exact) mass is 300 g/mol. The third-order valence-electron chi connectivity index (χ3n) is 2.60. The minimum Gasteiger partial charge on any atom is -0.469 e. The van der Waals surface area contributed by atoms with Crippen molar-refractivity contribution in [3.05, 3.63) is 12.7 Å². The molecule has 0 bridgehead atoms. The fraction of sp³-hybridized carbons (Fsp3) is 0.538. The molecular formula is C13H20N2O6. The number of esters is 2. The van der Waals surface area contributed by atoms with Gasteiger partial charge in [0, 0.05) is 6.42 Å². The molecule has 2 amide bonds. The number of hydrogen-bond donors (Lipinski definition) is 2. The van der Waals surface area contributed by atoms with Crippen molar-refractivity contribution in [3.8, 4) is 0 Å². The van der Waals surface area contributed by atoms with E-state index < -0.39 is 35.8 Å². The summed E-state index contributed by atoms with van der Waals surface area (Å²) in [6.45, 7) is 4.71. The van der Waals surface area contributed by atoms with Gasteiger partial charge >= 0.3 is 11.9 Å². The summed E-state index contributed by atoms with van der Waals surface area (Å²) in [6, 6.07) is -1.86. The van der Waals surface area contributed by atoms with E-state index in [0.717, 1.165) is 6.08 Å². The van der Waals surface area contributed by atoms with Crippen LogP contribution < -0.4 is 10.6 Å². The van der Waals surface area contributed by atoms with Gasteiger partial charge in [-0.05, 0) is 19.4 Å². The summed E-state index contributed by atoms with van der Waals surface area (Å²) in [5, 5.41) is 4.76. The van der Waals surface area contributed by atoms with Gasteiger partial charge in [0.2, 0.25) is 11.8 Å². The minimum absolute atomic E-state index is 0.0349. The third kappa shape index (κ3) is 7.09. The molecule has 118 valence electrons. The van der Waals surface area contributed by atoms with Crippen molar-refractivity contribution in [2.75, 3.05) is 14.2 Å². The van der Waals surface area contributed by atoms with Crippen LogP contribution in [-0.4, -0.2) is 50.1 Å². The second kappa shape index (κ2) is 9.51. The largest absolute Gasteiger partial charge is 0.469 e. The Morgan fingerprint density at radius 1 is 1.14 bits per heavy atom. The second-order valence-electron chi connectivity index (χ2n) is 4.13. The summed E-state index contributed by atoms with van der Waals surface area (Å²) >= 11 is 0. The molecule has 0 rings (SSSR count). The Morgan fingerprint density at radius 2 is 1.76 bits per heavy atom. The summed E-state index contributed by atoms with van der Waals surface area (Å²) in [5.74, 6) is -2.28. The van der Waals surface area contributed by atoms with Gasteiger partial charge in [-0.3, -0.25) is 14.4 Å². The van der Waals surface area contributed by atoms with E-state index in [1.165, 1.54) is 21.1 Å². The van der Waals surface area contributed by atoms with Crippen LogP contribution in [0.3, 0.4) is 0 Å². The van der Waals surface area contributed by atoms with E-state index in [9.17, 15) is 19.2 Å². The van der Waals surface area contributed by atoms with Gasteiger partial charge in [-0.25, -0.2) is 4.79 Å². The van der Waals surface area contributed by atoms with Gasteiger partial charge in [-0.1, -0.05) is 6.58 Å². The quantitative estimate of drug-likeness (QED) is 0.452. The number of carbonyl (C=O) groups is 4. The molecule has 0 unspecified atom stereocenters. The van der Waals surface area contributed by atoms with Gasteiger partial charge in [0.25, 0.3) is 0 Å². The molecule has 2 N–H and O–H groups in total. The number of methoxy groups -OCH3 is 2. The first-order chi connectivity index (χ1) is 9.85. The second-order valence-corrected chi connectivity index (χ2v) is 4.13. The van der Waals surface area contributed by atoms with Crippen molar-refractivity contribution < 1.29 is 28.7 Å². The molecule has 8 heteroatoms. The van der Waals surface area contributed by atoms with E-state index in [4.69, 9.17) is 0 Å². The molecule has 0 aliphatic rings. The van der Waals surface area contributed by atoms with Crippen molar-refractivity contribution in [1.82, 2.24) is 10.6 Å². The van der Waals surface area contributed by atoms with E-state index in [0.29, 0.717) is 0 Å². The average molecular weight is 300 g/mol. The number of amides is 2. The maximum atomic E-state index is 11.9. The van der Waals surface area contributed by atoms with Gasteiger partial charge in [-0.15, -0.1) is 0 Å². The summed E-state index contributed by atoms with van der Waals surface area (Å²) in [4.78, 5) is 45.6. The summed E-state index contributed by atoms with van der Waals surface area (Å²) < 4.78 is 9.01. The van der Waals surface area contributed by atoms with Gasteiger partial charge in [0.15, 0.2) is 0 Å². The highest BCUT2D eigenvalue weighted by atomic mass is 16.5. The predicted octanol–water partition coefficient (Wildman–Crippen LogP) is -0.712. The van der Waals surface area contributed by atoms with Crippen LogP contribution in [-0.2, 0) is 28.7 Å². The first-order valence-electron chi connectivity index (χ1n) is 6.23. The van der Waals surface area contributed by atoms with Crippen molar-refractivity contribution in [1.29, 1.82) is 0 Å². The van der Waals surface area contributed by atoms with Crippen LogP contribution in [0.5, 0.6) is 0 Å². The highest BCUT2D eigenvalue weighted by molar-refractivity contribution is 5.93. The van der Waals surface area contributed by atoms with Crippen LogP contribution in [0.25, 0.3) is 0 Å². The first-order valence-corrected chi connectivity index (χ1v) is 6.23. The lowest BCUT2D eigenvalue weighted by atomic mass is 10.1. The minimum atomic E-state index is -0.996. The van der Waals surface area contributed by atoms with Crippen LogP contribution in [0.15, 0.2) is 12.7 Å². The van der Waals surface area contributed by atoms with E-state index in [1.807, 2.05) is 0 Å². The van der Waals surface area contributed by atoms with E-state index in [1.54, 1.807) is 0 Å². The molecule has 8 nitrogen and oxygen atoms in total. The summed E-state index contributed by atoms with van der Waals surface area (Å²) in [7, 11) is 2.39. The summed E-state index contributed by atoms with van der Waals surface area (Å²) in [5.41, 5.74) is 0. The zero-order chi connectivity index (χ0) is 16.4. The molecule has 0 heterocycles. The highest BCUT2D eigenvalue weighted by Crippen LogP contribution is 2.02. The molecule has 0 aliphatic carbocycles. The summed E-state index contributed by atoms with van der Waals surface area (Å²) in [6.07, 6.45) is 1.01. The van der Waals surface area contributed by atoms with E-state index >= 15 is 0 Å². The Labute approximate surface area is 122 Å². The normalized spacial score (nSPS) is 12.5. The molecular weight excluding hydrogens is 280 g/mol. The zero-order valence-corrected chi connectivity index (χ0v) is 12.3. The maximum absolute atomic E-state index is 11.9. The van der Waals surface area contributed by atoms with Crippen LogP contribution >= 0.6 is 0 Å². The topological polar surface area (TPSA) is 111 Å². The number of rotatable bonds is 8. The molecule has 0 spiro atoms.